The molecule has 0 aliphatic carbocycles. The SMILES string of the molecule is CN(C)C(C)(C)C(NC(=O)c1cc(C(F)(F)F)ccc1C(F)(F)F)c1ccccc1. The van der Waals surface area contributed by atoms with E-state index in [9.17, 15) is 31.1 Å². The third-order valence-electron chi connectivity index (χ3n) is 5.16. The molecule has 9 heteroatoms. The van der Waals surface area contributed by atoms with Crippen LogP contribution in [0, 0.1) is 0 Å². The molecule has 2 aromatic carbocycles. The minimum atomic E-state index is -4.99. The predicted molar refractivity (Wildman–Crippen MR) is 101 cm³/mol. The first-order chi connectivity index (χ1) is 13.7. The summed E-state index contributed by atoms with van der Waals surface area (Å²) in [5, 5.41) is 2.51. The summed E-state index contributed by atoms with van der Waals surface area (Å²) in [5.74, 6) is -1.24. The predicted octanol–water partition coefficient (Wildman–Crippen LogP) is 5.54. The van der Waals surface area contributed by atoms with E-state index in [4.69, 9.17) is 0 Å². The van der Waals surface area contributed by atoms with E-state index in [2.05, 4.69) is 5.32 Å². The van der Waals surface area contributed by atoms with Crippen molar-refractivity contribution in [2.75, 3.05) is 14.1 Å². The lowest BCUT2D eigenvalue weighted by Crippen LogP contribution is -2.51. The number of hydrogen-bond acceptors (Lipinski definition) is 2. The van der Waals surface area contributed by atoms with E-state index in [0.29, 0.717) is 11.6 Å². The summed E-state index contributed by atoms with van der Waals surface area (Å²) >= 11 is 0. The number of nitrogens with zero attached hydrogens (tertiary/aromatic N) is 1. The zero-order valence-electron chi connectivity index (χ0n) is 16.8. The number of nitrogens with one attached hydrogen (secondary N) is 1. The van der Waals surface area contributed by atoms with Crippen molar-refractivity contribution in [3.8, 4) is 0 Å². The maximum Gasteiger partial charge on any atom is 0.417 e. The first-order valence-corrected chi connectivity index (χ1v) is 8.97. The lowest BCUT2D eigenvalue weighted by molar-refractivity contribution is -0.141. The van der Waals surface area contributed by atoms with Gasteiger partial charge in [0.2, 0.25) is 0 Å². The van der Waals surface area contributed by atoms with Crippen LogP contribution in [-0.2, 0) is 12.4 Å². The number of halogens is 6. The van der Waals surface area contributed by atoms with Crippen LogP contribution >= 0.6 is 0 Å². The molecule has 3 nitrogen and oxygen atoms in total. The summed E-state index contributed by atoms with van der Waals surface area (Å²) in [6.07, 6.45) is -9.88. The van der Waals surface area contributed by atoms with Gasteiger partial charge in [0.15, 0.2) is 0 Å². The van der Waals surface area contributed by atoms with Gasteiger partial charge in [-0.1, -0.05) is 30.3 Å². The summed E-state index contributed by atoms with van der Waals surface area (Å²) in [6, 6.07) is 8.56. The van der Waals surface area contributed by atoms with Crippen molar-refractivity contribution in [2.45, 2.75) is 37.8 Å². The third kappa shape index (κ3) is 5.13. The van der Waals surface area contributed by atoms with Gasteiger partial charge >= 0.3 is 12.4 Å². The molecule has 1 atom stereocenters. The molecule has 0 aliphatic rings. The Morgan fingerprint density at radius 1 is 0.900 bits per heavy atom. The fourth-order valence-corrected chi connectivity index (χ4v) is 2.94. The second-order valence-electron chi connectivity index (χ2n) is 7.62. The molecule has 1 amide bonds. The van der Waals surface area contributed by atoms with Crippen molar-refractivity contribution in [2.24, 2.45) is 0 Å². The first-order valence-electron chi connectivity index (χ1n) is 8.97. The standard InChI is InChI=1S/C21H22F6N2O/c1-19(2,29(3)4)17(13-8-6-5-7-9-13)28-18(30)15-12-14(20(22,23)24)10-11-16(15)21(25,26)27/h5-12,17H,1-4H3,(H,28,30). The smallest absolute Gasteiger partial charge is 0.343 e. The van der Waals surface area contributed by atoms with E-state index >= 15 is 0 Å². The van der Waals surface area contributed by atoms with Crippen LogP contribution in [0.25, 0.3) is 0 Å². The monoisotopic (exact) mass is 432 g/mol. The van der Waals surface area contributed by atoms with E-state index < -0.39 is 46.5 Å². The van der Waals surface area contributed by atoms with Gasteiger partial charge in [0.1, 0.15) is 0 Å². The van der Waals surface area contributed by atoms with E-state index in [-0.39, 0.29) is 12.1 Å². The van der Waals surface area contributed by atoms with Crippen LogP contribution in [0.5, 0.6) is 0 Å². The average molecular weight is 432 g/mol. The molecule has 30 heavy (non-hydrogen) atoms. The molecule has 1 N–H and O–H groups in total. The molecule has 0 fully saturated rings. The van der Waals surface area contributed by atoms with Crippen molar-refractivity contribution in [1.82, 2.24) is 10.2 Å². The molecule has 0 radical (unpaired) electrons. The first kappa shape index (κ1) is 23.7. The Morgan fingerprint density at radius 2 is 1.47 bits per heavy atom. The minimum Gasteiger partial charge on any atom is -0.343 e. The van der Waals surface area contributed by atoms with E-state index in [1.54, 1.807) is 63.2 Å². The Hall–Kier alpha value is -2.55. The summed E-state index contributed by atoms with van der Waals surface area (Å²) < 4.78 is 79.4. The molecule has 0 bridgehead atoms. The Kier molecular flexibility index (Phi) is 6.56. The summed E-state index contributed by atoms with van der Waals surface area (Å²) in [4.78, 5) is 14.6. The quantitative estimate of drug-likeness (QED) is 0.630. The number of likely N-dealkylation sites (N-methyl/N-ethyl adjacent to an activating group) is 1. The van der Waals surface area contributed by atoms with Crippen molar-refractivity contribution in [3.63, 3.8) is 0 Å². The van der Waals surface area contributed by atoms with E-state index in [0.717, 1.165) is 0 Å². The number of carbonyl (C=O) groups excluding carboxylic acids is 1. The molecule has 1 unspecified atom stereocenters. The molecule has 0 spiro atoms. The highest BCUT2D eigenvalue weighted by Crippen LogP contribution is 2.37. The highest BCUT2D eigenvalue weighted by molar-refractivity contribution is 5.96. The fourth-order valence-electron chi connectivity index (χ4n) is 2.94. The molecule has 0 aliphatic heterocycles. The van der Waals surface area contributed by atoms with Crippen molar-refractivity contribution in [1.29, 1.82) is 0 Å². The maximum absolute atomic E-state index is 13.4. The van der Waals surface area contributed by atoms with Crippen LogP contribution in [0.4, 0.5) is 26.3 Å². The lowest BCUT2D eigenvalue weighted by atomic mass is 9.87. The molecule has 0 heterocycles. The zero-order chi connectivity index (χ0) is 22.9. The average Bonchev–Trinajstić information content (AvgIpc) is 2.64. The topological polar surface area (TPSA) is 32.3 Å². The van der Waals surface area contributed by atoms with Crippen LogP contribution in [-0.4, -0.2) is 30.4 Å². The summed E-state index contributed by atoms with van der Waals surface area (Å²) in [5.41, 5.74) is -4.00. The molecule has 0 aromatic heterocycles. The van der Waals surface area contributed by atoms with Gasteiger partial charge in [-0.05, 0) is 51.7 Å². The Balaban J connectivity index is 2.56. The molecule has 2 aromatic rings. The normalized spacial score (nSPS) is 14.0. The second kappa shape index (κ2) is 8.29. The minimum absolute atomic E-state index is 0.239. The second-order valence-corrected chi connectivity index (χ2v) is 7.62. The van der Waals surface area contributed by atoms with Gasteiger partial charge in [0.25, 0.3) is 5.91 Å². The lowest BCUT2D eigenvalue weighted by Gasteiger charge is -2.41. The van der Waals surface area contributed by atoms with Gasteiger partial charge in [-0.2, -0.15) is 26.3 Å². The maximum atomic E-state index is 13.4. The largest absolute Gasteiger partial charge is 0.417 e. The van der Waals surface area contributed by atoms with Gasteiger partial charge in [0.05, 0.1) is 22.7 Å². The Morgan fingerprint density at radius 3 is 1.93 bits per heavy atom. The van der Waals surface area contributed by atoms with Gasteiger partial charge < -0.3 is 10.2 Å². The zero-order valence-corrected chi connectivity index (χ0v) is 16.8. The van der Waals surface area contributed by atoms with Gasteiger partial charge in [-0.3, -0.25) is 4.79 Å². The van der Waals surface area contributed by atoms with Crippen LogP contribution < -0.4 is 5.32 Å². The third-order valence-corrected chi connectivity index (χ3v) is 5.16. The van der Waals surface area contributed by atoms with Gasteiger partial charge in [-0.15, -0.1) is 0 Å². The number of amides is 1. The van der Waals surface area contributed by atoms with E-state index in [1.165, 1.54) is 0 Å². The molecular formula is C21H22F6N2O. The highest BCUT2D eigenvalue weighted by atomic mass is 19.4. The van der Waals surface area contributed by atoms with Crippen molar-refractivity contribution in [3.05, 3.63) is 70.8 Å². The molecule has 0 saturated heterocycles. The van der Waals surface area contributed by atoms with Gasteiger partial charge in [-0.25, -0.2) is 0 Å². The van der Waals surface area contributed by atoms with E-state index in [1.807, 2.05) is 0 Å². The fraction of sp³-hybridized carbons (Fsp3) is 0.381. The Bertz CT molecular complexity index is 889. The number of alkyl halides is 6. The van der Waals surface area contributed by atoms with Crippen LogP contribution in [0.1, 0.15) is 46.9 Å². The molecule has 164 valence electrons. The van der Waals surface area contributed by atoms with Crippen LogP contribution in [0.2, 0.25) is 0 Å². The summed E-state index contributed by atoms with van der Waals surface area (Å²) in [6.45, 7) is 3.53. The molecule has 2 rings (SSSR count). The number of rotatable bonds is 5. The number of carbonyl (C=O) groups is 1. The van der Waals surface area contributed by atoms with Crippen molar-refractivity contribution >= 4 is 5.91 Å². The Labute approximate surface area is 170 Å². The van der Waals surface area contributed by atoms with Crippen molar-refractivity contribution < 1.29 is 31.1 Å². The van der Waals surface area contributed by atoms with Crippen LogP contribution in [0.3, 0.4) is 0 Å². The number of benzene rings is 2. The van der Waals surface area contributed by atoms with Gasteiger partial charge in [0, 0.05) is 5.54 Å². The summed E-state index contributed by atoms with van der Waals surface area (Å²) in [7, 11) is 3.46. The molecule has 0 saturated carbocycles. The number of hydrogen-bond donors (Lipinski definition) is 1. The molecular weight excluding hydrogens is 410 g/mol. The highest BCUT2D eigenvalue weighted by Gasteiger charge is 2.40. The van der Waals surface area contributed by atoms with Crippen LogP contribution in [0.15, 0.2) is 48.5 Å².